The predicted molar refractivity (Wildman–Crippen MR) is 95.3 cm³/mol. The van der Waals surface area contributed by atoms with Gasteiger partial charge in [0.05, 0.1) is 0 Å². The van der Waals surface area contributed by atoms with E-state index < -0.39 is 11.8 Å². The van der Waals surface area contributed by atoms with E-state index in [9.17, 15) is 14.4 Å². The van der Waals surface area contributed by atoms with Crippen LogP contribution in [-0.2, 0) is 0 Å². The van der Waals surface area contributed by atoms with E-state index >= 15 is 0 Å². The lowest BCUT2D eigenvalue weighted by molar-refractivity contribution is 0.0615. The van der Waals surface area contributed by atoms with Gasteiger partial charge in [-0.3, -0.25) is 19.8 Å². The molecule has 26 heavy (non-hydrogen) atoms. The van der Waals surface area contributed by atoms with Crippen molar-refractivity contribution < 1.29 is 19.1 Å². The van der Waals surface area contributed by atoms with Gasteiger partial charge in [0, 0.05) is 16.7 Å². The maximum absolute atomic E-state index is 12.4. The molecule has 4 N–H and O–H groups in total. The average molecular weight is 356 g/mol. The van der Waals surface area contributed by atoms with Crippen molar-refractivity contribution in [1.82, 2.24) is 15.9 Å². The zero-order valence-corrected chi connectivity index (χ0v) is 14.5. The van der Waals surface area contributed by atoms with E-state index in [4.69, 9.17) is 10.6 Å². The van der Waals surface area contributed by atoms with Crippen LogP contribution in [0.15, 0.2) is 48.5 Å². The minimum atomic E-state index is -0.663. The number of rotatable bonds is 7. The summed E-state index contributed by atoms with van der Waals surface area (Å²) in [5.74, 6) is 4.81. The van der Waals surface area contributed by atoms with Crippen LogP contribution >= 0.6 is 0 Å². The minimum absolute atomic E-state index is 0.114. The van der Waals surface area contributed by atoms with E-state index in [1.165, 1.54) is 43.3 Å². The summed E-state index contributed by atoms with van der Waals surface area (Å²) >= 11 is 0. The first-order valence-corrected chi connectivity index (χ1v) is 7.81. The maximum atomic E-state index is 12.4. The van der Waals surface area contributed by atoms with Crippen molar-refractivity contribution in [3.05, 3.63) is 65.2 Å². The lowest BCUT2D eigenvalue weighted by Gasteiger charge is -2.15. The summed E-state index contributed by atoms with van der Waals surface area (Å²) in [5.41, 5.74) is 6.40. The van der Waals surface area contributed by atoms with Crippen molar-refractivity contribution in [3.63, 3.8) is 0 Å². The molecule has 0 fully saturated rings. The van der Waals surface area contributed by atoms with E-state index in [2.05, 4.69) is 10.9 Å². The molecule has 0 saturated heterocycles. The number of nitrogens with zero attached hydrogens (tertiary/aromatic N) is 1. The van der Waals surface area contributed by atoms with Gasteiger partial charge >= 0.3 is 0 Å². The van der Waals surface area contributed by atoms with Crippen LogP contribution in [0.1, 0.15) is 38.0 Å². The van der Waals surface area contributed by atoms with Crippen LogP contribution in [-0.4, -0.2) is 36.4 Å². The highest BCUT2D eigenvalue weighted by molar-refractivity contribution is 6.10. The van der Waals surface area contributed by atoms with Gasteiger partial charge in [-0.15, -0.1) is 0 Å². The van der Waals surface area contributed by atoms with Gasteiger partial charge in [0.2, 0.25) is 0 Å². The molecule has 0 saturated carbocycles. The second-order valence-electron chi connectivity index (χ2n) is 5.35. The van der Waals surface area contributed by atoms with Gasteiger partial charge < -0.3 is 4.74 Å². The number of imide groups is 1. The zero-order valence-electron chi connectivity index (χ0n) is 14.5. The molecule has 0 aliphatic heterocycles. The Morgan fingerprint density at radius 2 is 1.38 bits per heavy atom. The summed E-state index contributed by atoms with van der Waals surface area (Å²) in [5, 5.41) is 0.543. The fourth-order valence-electron chi connectivity index (χ4n) is 2.10. The van der Waals surface area contributed by atoms with Crippen molar-refractivity contribution in [2.75, 3.05) is 13.8 Å². The van der Waals surface area contributed by atoms with E-state index in [1.807, 2.05) is 0 Å². The summed E-state index contributed by atoms with van der Waals surface area (Å²) in [6.45, 7) is 1.68. The van der Waals surface area contributed by atoms with Crippen LogP contribution in [0.25, 0.3) is 0 Å². The number of Topliss-reactive ketones (excluding diaryl/α,β-unsaturated/α-hetero) is 1. The normalized spacial score (nSPS) is 10.3. The van der Waals surface area contributed by atoms with Gasteiger partial charge in [-0.05, 0) is 50.4 Å². The highest BCUT2D eigenvalue weighted by atomic mass is 16.5. The quantitative estimate of drug-likeness (QED) is 0.129. The molecule has 2 aromatic carbocycles. The summed E-state index contributed by atoms with van der Waals surface area (Å²) in [7, 11) is 1.71. The Balaban J connectivity index is 2.05. The molecule has 2 amide bonds. The predicted octanol–water partition coefficient (Wildman–Crippen LogP) is 1.11. The van der Waals surface area contributed by atoms with Crippen LogP contribution in [0.5, 0.6) is 5.75 Å². The molecule has 2 rings (SSSR count). The SMILES string of the molecule is CNNCOc1ccc(C(=O)N(N)C(=O)c2ccc(C(C)=O)cc2)cc1. The molecule has 8 nitrogen and oxygen atoms in total. The Kier molecular flexibility index (Phi) is 6.56. The number of nitrogens with one attached hydrogen (secondary N) is 2. The first-order chi connectivity index (χ1) is 12.4. The molecular formula is C18H20N4O4. The van der Waals surface area contributed by atoms with Crippen LogP contribution in [0.4, 0.5) is 0 Å². The van der Waals surface area contributed by atoms with Crippen molar-refractivity contribution in [2.45, 2.75) is 6.92 Å². The van der Waals surface area contributed by atoms with Crippen molar-refractivity contribution >= 4 is 17.6 Å². The smallest absolute Gasteiger partial charge is 0.275 e. The summed E-state index contributed by atoms with van der Waals surface area (Å²) in [4.78, 5) is 36.0. The molecule has 2 aromatic rings. The van der Waals surface area contributed by atoms with E-state index in [0.29, 0.717) is 16.3 Å². The largest absolute Gasteiger partial charge is 0.477 e. The van der Waals surface area contributed by atoms with Gasteiger partial charge in [-0.2, -0.15) is 0 Å². The molecule has 0 bridgehead atoms. The molecule has 0 spiro atoms. The minimum Gasteiger partial charge on any atom is -0.477 e. The fraction of sp³-hybridized carbons (Fsp3) is 0.167. The van der Waals surface area contributed by atoms with Gasteiger partial charge in [0.1, 0.15) is 5.75 Å². The van der Waals surface area contributed by atoms with Crippen LogP contribution in [0.2, 0.25) is 0 Å². The Hall–Kier alpha value is -3.07. The Labute approximate surface area is 150 Å². The number of hydrogen-bond donors (Lipinski definition) is 3. The molecular weight excluding hydrogens is 336 g/mol. The van der Waals surface area contributed by atoms with Crippen molar-refractivity contribution in [2.24, 2.45) is 5.84 Å². The third-order valence-corrected chi connectivity index (χ3v) is 3.57. The fourth-order valence-corrected chi connectivity index (χ4v) is 2.10. The van der Waals surface area contributed by atoms with Gasteiger partial charge in [-0.1, -0.05) is 12.1 Å². The van der Waals surface area contributed by atoms with Gasteiger partial charge in [0.25, 0.3) is 11.8 Å². The number of carbonyl (C=O) groups excluding carboxylic acids is 3. The zero-order chi connectivity index (χ0) is 19.1. The molecule has 0 heterocycles. The van der Waals surface area contributed by atoms with Gasteiger partial charge in [-0.25, -0.2) is 16.3 Å². The molecule has 0 unspecified atom stereocenters. The van der Waals surface area contributed by atoms with E-state index in [1.54, 1.807) is 19.2 Å². The molecule has 8 heteroatoms. The number of benzene rings is 2. The average Bonchev–Trinajstić information content (AvgIpc) is 2.67. The summed E-state index contributed by atoms with van der Waals surface area (Å²) < 4.78 is 5.36. The lowest BCUT2D eigenvalue weighted by Crippen LogP contribution is -2.42. The summed E-state index contributed by atoms with van der Waals surface area (Å²) in [6, 6.07) is 12.2. The van der Waals surface area contributed by atoms with Crippen molar-refractivity contribution in [3.8, 4) is 5.75 Å². The monoisotopic (exact) mass is 356 g/mol. The molecule has 0 radical (unpaired) electrons. The standard InChI is InChI=1S/C18H20N4O4/c1-12(23)13-3-5-14(6-4-13)17(24)22(19)18(25)15-7-9-16(10-8-15)26-11-21-20-2/h3-10,20-21H,11,19H2,1-2H3. The van der Waals surface area contributed by atoms with Crippen LogP contribution < -0.4 is 21.4 Å². The number of ketones is 1. The number of amides is 2. The van der Waals surface area contributed by atoms with Crippen LogP contribution in [0, 0.1) is 0 Å². The molecule has 0 aliphatic carbocycles. The number of hydrazine groups is 2. The number of hydrogen-bond acceptors (Lipinski definition) is 7. The Bertz CT molecular complexity index is 788. The third kappa shape index (κ3) is 4.73. The highest BCUT2D eigenvalue weighted by Gasteiger charge is 2.21. The molecule has 0 atom stereocenters. The highest BCUT2D eigenvalue weighted by Crippen LogP contribution is 2.14. The van der Waals surface area contributed by atoms with E-state index in [-0.39, 0.29) is 23.6 Å². The second-order valence-corrected chi connectivity index (χ2v) is 5.35. The number of nitrogens with two attached hydrogens (primary N) is 1. The molecule has 0 aliphatic rings. The first-order valence-electron chi connectivity index (χ1n) is 7.81. The maximum Gasteiger partial charge on any atom is 0.275 e. The Morgan fingerprint density at radius 1 is 0.923 bits per heavy atom. The molecule has 0 aromatic heterocycles. The molecule has 136 valence electrons. The Morgan fingerprint density at radius 3 is 1.85 bits per heavy atom. The second kappa shape index (κ2) is 8.86. The summed E-state index contributed by atoms with van der Waals surface area (Å²) in [6.07, 6.45) is 0. The van der Waals surface area contributed by atoms with Crippen LogP contribution in [0.3, 0.4) is 0 Å². The van der Waals surface area contributed by atoms with Gasteiger partial charge in [0.15, 0.2) is 12.5 Å². The van der Waals surface area contributed by atoms with Crippen molar-refractivity contribution in [1.29, 1.82) is 0 Å². The number of carbonyl (C=O) groups is 3. The third-order valence-electron chi connectivity index (χ3n) is 3.57. The number of ether oxygens (including phenoxy) is 1. The van der Waals surface area contributed by atoms with E-state index in [0.717, 1.165) is 0 Å². The first kappa shape index (κ1) is 19.3. The topological polar surface area (TPSA) is 114 Å². The lowest BCUT2D eigenvalue weighted by atomic mass is 10.1.